The van der Waals surface area contributed by atoms with Crippen molar-refractivity contribution in [2.45, 2.75) is 13.1 Å². The Morgan fingerprint density at radius 1 is 0.853 bits per heavy atom. The number of rotatable bonds is 9. The highest BCUT2D eigenvalue weighted by molar-refractivity contribution is 7.92. The van der Waals surface area contributed by atoms with Crippen LogP contribution in [0.3, 0.4) is 0 Å². The van der Waals surface area contributed by atoms with E-state index in [-0.39, 0.29) is 12.5 Å². The lowest BCUT2D eigenvalue weighted by atomic mass is 10.1. The first-order chi connectivity index (χ1) is 16.1. The van der Waals surface area contributed by atoms with Gasteiger partial charge in [-0.25, -0.2) is 12.8 Å². The van der Waals surface area contributed by atoms with Crippen LogP contribution in [0.5, 0.6) is 11.5 Å². The summed E-state index contributed by atoms with van der Waals surface area (Å²) in [5, 5.41) is 0. The first kappa shape index (κ1) is 25.0. The number of amides is 1. The molecule has 0 radical (unpaired) electrons. The zero-order chi connectivity index (χ0) is 24.9. The molecule has 34 heavy (non-hydrogen) atoms. The van der Waals surface area contributed by atoms with E-state index in [0.717, 1.165) is 11.8 Å². The van der Waals surface area contributed by atoms with Crippen molar-refractivity contribution in [1.82, 2.24) is 4.90 Å². The van der Waals surface area contributed by atoms with Crippen LogP contribution >= 0.6 is 0 Å². The molecule has 0 unspecified atom stereocenters. The molecule has 3 aromatic rings. The molecule has 0 heterocycles. The van der Waals surface area contributed by atoms with Gasteiger partial charge in [0.15, 0.2) is 11.5 Å². The maximum Gasteiger partial charge on any atom is 0.253 e. The molecule has 3 aromatic carbocycles. The second-order valence-corrected chi connectivity index (χ2v) is 9.70. The van der Waals surface area contributed by atoms with Gasteiger partial charge in [-0.3, -0.25) is 9.10 Å². The zero-order valence-electron chi connectivity index (χ0n) is 19.5. The van der Waals surface area contributed by atoms with Crippen LogP contribution in [0.25, 0.3) is 0 Å². The normalized spacial score (nSPS) is 11.1. The van der Waals surface area contributed by atoms with Crippen molar-refractivity contribution in [3.8, 4) is 11.5 Å². The smallest absolute Gasteiger partial charge is 0.253 e. The van der Waals surface area contributed by atoms with E-state index in [1.807, 2.05) is 12.1 Å². The van der Waals surface area contributed by atoms with Crippen LogP contribution in [-0.4, -0.2) is 46.7 Å². The Kier molecular flexibility index (Phi) is 7.78. The van der Waals surface area contributed by atoms with Gasteiger partial charge in [-0.1, -0.05) is 18.2 Å². The summed E-state index contributed by atoms with van der Waals surface area (Å²) >= 11 is 0. The van der Waals surface area contributed by atoms with Crippen molar-refractivity contribution in [2.75, 3.05) is 31.8 Å². The highest BCUT2D eigenvalue weighted by atomic mass is 32.2. The lowest BCUT2D eigenvalue weighted by Gasteiger charge is -2.23. The third-order valence-corrected chi connectivity index (χ3v) is 6.40. The Hall–Kier alpha value is -3.59. The lowest BCUT2D eigenvalue weighted by Crippen LogP contribution is -2.29. The van der Waals surface area contributed by atoms with Crippen LogP contribution in [0.4, 0.5) is 10.1 Å². The number of sulfonamides is 1. The van der Waals surface area contributed by atoms with Crippen LogP contribution in [-0.2, 0) is 23.1 Å². The number of anilines is 1. The molecule has 0 aromatic heterocycles. The van der Waals surface area contributed by atoms with E-state index in [1.54, 1.807) is 56.5 Å². The number of hydrogen-bond donors (Lipinski definition) is 0. The van der Waals surface area contributed by atoms with Gasteiger partial charge in [0.1, 0.15) is 5.82 Å². The van der Waals surface area contributed by atoms with Crippen LogP contribution in [0.15, 0.2) is 66.7 Å². The minimum absolute atomic E-state index is 0.0472. The summed E-state index contributed by atoms with van der Waals surface area (Å²) in [6.45, 7) is 0.395. The molecule has 0 saturated heterocycles. The van der Waals surface area contributed by atoms with E-state index >= 15 is 0 Å². The van der Waals surface area contributed by atoms with Gasteiger partial charge in [-0.2, -0.15) is 0 Å². The molecule has 0 aliphatic rings. The number of carbonyl (C=O) groups is 1. The largest absolute Gasteiger partial charge is 0.493 e. The van der Waals surface area contributed by atoms with E-state index in [0.29, 0.717) is 34.9 Å². The Morgan fingerprint density at radius 3 is 2.00 bits per heavy atom. The van der Waals surface area contributed by atoms with Crippen LogP contribution in [0.2, 0.25) is 0 Å². The third-order valence-electron chi connectivity index (χ3n) is 5.26. The number of methoxy groups -OCH3 is 2. The average molecular weight is 487 g/mol. The van der Waals surface area contributed by atoms with Crippen molar-refractivity contribution in [3.05, 3.63) is 89.2 Å². The van der Waals surface area contributed by atoms with Crippen molar-refractivity contribution >= 4 is 21.6 Å². The molecule has 1 amide bonds. The van der Waals surface area contributed by atoms with E-state index < -0.39 is 15.8 Å². The molecule has 0 aliphatic heterocycles. The van der Waals surface area contributed by atoms with E-state index in [1.165, 1.54) is 28.6 Å². The van der Waals surface area contributed by atoms with Gasteiger partial charge in [0, 0.05) is 19.2 Å². The van der Waals surface area contributed by atoms with Gasteiger partial charge in [0.05, 0.1) is 32.7 Å². The fourth-order valence-electron chi connectivity index (χ4n) is 3.47. The molecule has 3 rings (SSSR count). The third kappa shape index (κ3) is 6.05. The second-order valence-electron chi connectivity index (χ2n) is 7.79. The highest BCUT2D eigenvalue weighted by Gasteiger charge is 2.19. The van der Waals surface area contributed by atoms with Gasteiger partial charge >= 0.3 is 0 Å². The molecule has 9 heteroatoms. The molecule has 0 N–H and O–H groups in total. The predicted octanol–water partition coefficient (Wildman–Crippen LogP) is 4.08. The number of ether oxygens (including phenoxy) is 2. The van der Waals surface area contributed by atoms with Gasteiger partial charge in [0.2, 0.25) is 10.0 Å². The molecule has 7 nitrogen and oxygen atoms in total. The topological polar surface area (TPSA) is 76.2 Å². The Bertz CT molecular complexity index is 1250. The van der Waals surface area contributed by atoms with Gasteiger partial charge in [-0.05, 0) is 59.7 Å². The van der Waals surface area contributed by atoms with Crippen molar-refractivity contribution in [3.63, 3.8) is 0 Å². The average Bonchev–Trinajstić information content (AvgIpc) is 2.82. The molecule has 0 saturated carbocycles. The first-order valence-corrected chi connectivity index (χ1v) is 12.3. The van der Waals surface area contributed by atoms with Gasteiger partial charge in [0.25, 0.3) is 5.91 Å². The lowest BCUT2D eigenvalue weighted by molar-refractivity contribution is 0.0785. The fraction of sp³-hybridized carbons (Fsp3) is 0.240. The summed E-state index contributed by atoms with van der Waals surface area (Å²) in [4.78, 5) is 14.5. The Balaban J connectivity index is 1.76. The van der Waals surface area contributed by atoms with Crippen molar-refractivity contribution < 1.29 is 27.1 Å². The molecule has 0 bridgehead atoms. The van der Waals surface area contributed by atoms with Crippen LogP contribution in [0, 0.1) is 5.82 Å². The maximum absolute atomic E-state index is 13.2. The Morgan fingerprint density at radius 2 is 1.44 bits per heavy atom. The Labute approximate surface area is 199 Å². The molecule has 0 fully saturated rings. The van der Waals surface area contributed by atoms with E-state index in [2.05, 4.69) is 0 Å². The van der Waals surface area contributed by atoms with Gasteiger partial charge < -0.3 is 14.4 Å². The minimum Gasteiger partial charge on any atom is -0.493 e. The predicted molar refractivity (Wildman–Crippen MR) is 129 cm³/mol. The zero-order valence-corrected chi connectivity index (χ0v) is 20.3. The number of halogens is 1. The molecular weight excluding hydrogens is 459 g/mol. The quantitative estimate of drug-likeness (QED) is 0.456. The van der Waals surface area contributed by atoms with E-state index in [4.69, 9.17) is 9.47 Å². The molecule has 0 aliphatic carbocycles. The maximum atomic E-state index is 13.2. The summed E-state index contributed by atoms with van der Waals surface area (Å²) in [7, 11) is 1.18. The molecular formula is C25H27FN2O5S. The molecule has 0 spiro atoms. The summed E-state index contributed by atoms with van der Waals surface area (Å²) in [5.41, 5.74) is 2.34. The highest BCUT2D eigenvalue weighted by Crippen LogP contribution is 2.28. The monoisotopic (exact) mass is 486 g/mol. The SMILES string of the molecule is COc1ccc(CN(C)C(=O)c2ccc(N(Cc3ccc(F)cc3)S(C)(=O)=O)cc2)cc1OC. The number of nitrogens with zero attached hydrogens (tertiary/aromatic N) is 2. The summed E-state index contributed by atoms with van der Waals surface area (Å²) in [6.07, 6.45) is 1.10. The second kappa shape index (κ2) is 10.6. The molecule has 180 valence electrons. The van der Waals surface area contributed by atoms with Gasteiger partial charge in [-0.15, -0.1) is 0 Å². The summed E-state index contributed by atoms with van der Waals surface area (Å²) in [6, 6.07) is 17.4. The number of hydrogen-bond acceptors (Lipinski definition) is 5. The van der Waals surface area contributed by atoms with Crippen molar-refractivity contribution in [1.29, 1.82) is 0 Å². The summed E-state index contributed by atoms with van der Waals surface area (Å²) < 4.78 is 49.7. The minimum atomic E-state index is -3.61. The first-order valence-electron chi connectivity index (χ1n) is 10.4. The number of carbonyl (C=O) groups excluding carboxylic acids is 1. The number of benzene rings is 3. The van der Waals surface area contributed by atoms with Crippen LogP contribution in [0.1, 0.15) is 21.5 Å². The summed E-state index contributed by atoms with van der Waals surface area (Å²) in [5.74, 6) is 0.569. The standard InChI is InChI=1S/C25H27FN2O5S/c1-27(16-19-7-14-23(32-2)24(15-19)33-3)25(29)20-8-12-22(13-9-20)28(34(4,30)31)17-18-5-10-21(26)11-6-18/h5-15H,16-17H2,1-4H3. The van der Waals surface area contributed by atoms with Crippen LogP contribution < -0.4 is 13.8 Å². The fourth-order valence-corrected chi connectivity index (χ4v) is 4.36. The molecule has 0 atom stereocenters. The van der Waals surface area contributed by atoms with Crippen molar-refractivity contribution in [2.24, 2.45) is 0 Å². The van der Waals surface area contributed by atoms with E-state index in [9.17, 15) is 17.6 Å².